The number of carbonyl (C=O) groups excluding carboxylic acids is 1. The zero-order chi connectivity index (χ0) is 22.9. The van der Waals surface area contributed by atoms with Crippen LogP contribution in [0.4, 0.5) is 33.5 Å². The first kappa shape index (κ1) is 19.7. The van der Waals surface area contributed by atoms with E-state index in [2.05, 4.69) is 31.7 Å². The molecule has 2 amide bonds. The van der Waals surface area contributed by atoms with Crippen LogP contribution in [0.1, 0.15) is 0 Å². The van der Waals surface area contributed by atoms with Crippen molar-refractivity contribution >= 4 is 40.6 Å². The second-order valence-corrected chi connectivity index (χ2v) is 7.67. The van der Waals surface area contributed by atoms with E-state index in [4.69, 9.17) is 5.10 Å². The quantitative estimate of drug-likeness (QED) is 0.483. The molecule has 1 atom stereocenters. The largest absolute Gasteiger partial charge is 0.371 e. The highest BCUT2D eigenvalue weighted by atomic mass is 16.2. The summed E-state index contributed by atoms with van der Waals surface area (Å²) in [5, 5.41) is 10.9. The van der Waals surface area contributed by atoms with Crippen LogP contribution in [0, 0.1) is 0 Å². The zero-order valence-corrected chi connectivity index (χ0v) is 18.0. The third-order valence-corrected chi connectivity index (χ3v) is 5.56. The molecule has 2 aromatic carbocycles. The Morgan fingerprint density at radius 1 is 0.735 bits per heavy atom. The van der Waals surface area contributed by atoms with Gasteiger partial charge in [-0.2, -0.15) is 10.0 Å². The molecule has 2 aromatic heterocycles. The number of hydrogen-bond donors (Lipinski definition) is 2. The highest BCUT2D eigenvalue weighted by Crippen LogP contribution is 2.40. The van der Waals surface area contributed by atoms with Crippen molar-refractivity contribution in [1.82, 2.24) is 15.4 Å². The summed E-state index contributed by atoms with van der Waals surface area (Å²) in [6.45, 7) is 0. The first-order valence-electron chi connectivity index (χ1n) is 10.8. The molecule has 4 heterocycles. The highest BCUT2D eigenvalue weighted by molar-refractivity contribution is 6.11. The van der Waals surface area contributed by atoms with Gasteiger partial charge < -0.3 is 10.2 Å². The van der Waals surface area contributed by atoms with Gasteiger partial charge in [0.05, 0.1) is 11.4 Å². The van der Waals surface area contributed by atoms with Crippen LogP contribution in [0.3, 0.4) is 0 Å². The summed E-state index contributed by atoms with van der Waals surface area (Å²) >= 11 is 0. The maximum atomic E-state index is 13.4. The summed E-state index contributed by atoms with van der Waals surface area (Å²) in [6, 6.07) is 28.4. The van der Waals surface area contributed by atoms with E-state index in [1.807, 2.05) is 60.7 Å². The van der Waals surface area contributed by atoms with Crippen LogP contribution in [0.5, 0.6) is 0 Å². The van der Waals surface area contributed by atoms with Crippen LogP contribution in [0.25, 0.3) is 0 Å². The van der Waals surface area contributed by atoms with Gasteiger partial charge in [0.2, 0.25) is 0 Å². The van der Waals surface area contributed by atoms with E-state index in [0.717, 1.165) is 17.1 Å². The fraction of sp³-hybridized carbons (Fsp3) is 0.0400. The number of aromatic nitrogens is 2. The third-order valence-electron chi connectivity index (χ3n) is 5.56. The van der Waals surface area contributed by atoms with Crippen molar-refractivity contribution in [3.8, 4) is 0 Å². The number of carbonyl (C=O) groups is 1. The van der Waals surface area contributed by atoms with Crippen molar-refractivity contribution in [2.75, 3.05) is 20.2 Å². The summed E-state index contributed by atoms with van der Waals surface area (Å²) in [5.74, 6) is 1.37. The van der Waals surface area contributed by atoms with Gasteiger partial charge in [-0.3, -0.25) is 5.43 Å². The van der Waals surface area contributed by atoms with Crippen molar-refractivity contribution in [1.29, 1.82) is 0 Å². The van der Waals surface area contributed by atoms with Crippen molar-refractivity contribution in [3.63, 3.8) is 0 Å². The van der Waals surface area contributed by atoms with Crippen molar-refractivity contribution in [3.05, 3.63) is 103 Å². The molecular weight excluding hydrogens is 428 g/mol. The average molecular weight is 448 g/mol. The minimum absolute atomic E-state index is 0.411. The number of amides is 2. The van der Waals surface area contributed by atoms with E-state index in [0.29, 0.717) is 17.5 Å². The number of hydrazine groups is 1. The van der Waals surface area contributed by atoms with Gasteiger partial charge in [-0.25, -0.2) is 14.8 Å². The van der Waals surface area contributed by atoms with Crippen molar-refractivity contribution in [2.45, 2.75) is 6.17 Å². The molecule has 1 unspecified atom stereocenters. The zero-order valence-electron chi connectivity index (χ0n) is 18.0. The minimum atomic E-state index is -0.414. The van der Waals surface area contributed by atoms with Gasteiger partial charge in [0, 0.05) is 18.1 Å². The van der Waals surface area contributed by atoms with Gasteiger partial charge in [0.25, 0.3) is 0 Å². The number of para-hydroxylation sites is 3. The fourth-order valence-corrected chi connectivity index (χ4v) is 4.04. The van der Waals surface area contributed by atoms with Crippen molar-refractivity contribution in [2.24, 2.45) is 5.10 Å². The molecule has 0 spiro atoms. The van der Waals surface area contributed by atoms with Crippen LogP contribution in [0.2, 0.25) is 0 Å². The van der Waals surface area contributed by atoms with E-state index in [1.54, 1.807) is 36.7 Å². The van der Waals surface area contributed by atoms with Gasteiger partial charge in [0.15, 0.2) is 23.6 Å². The SMILES string of the molecule is O=C1N(c2ccccn2)N=C(C2Nc3ccccc3N2c2ccccc2)NN1c1ccccn1. The normalized spacial score (nSPS) is 17.1. The van der Waals surface area contributed by atoms with E-state index in [9.17, 15) is 4.79 Å². The lowest BCUT2D eigenvalue weighted by Crippen LogP contribution is -2.62. The van der Waals surface area contributed by atoms with Crippen LogP contribution in [-0.2, 0) is 0 Å². The number of amidine groups is 1. The van der Waals surface area contributed by atoms with Crippen LogP contribution in [0.15, 0.2) is 108 Å². The summed E-state index contributed by atoms with van der Waals surface area (Å²) in [4.78, 5) is 24.3. The molecule has 0 aliphatic carbocycles. The highest BCUT2D eigenvalue weighted by Gasteiger charge is 2.40. The minimum Gasteiger partial charge on any atom is -0.357 e. The molecule has 4 aromatic rings. The molecule has 9 heteroatoms. The number of hydrogen-bond acceptors (Lipinski definition) is 7. The smallest absolute Gasteiger partial charge is 0.357 e. The Labute approximate surface area is 196 Å². The molecule has 0 fully saturated rings. The van der Waals surface area contributed by atoms with Crippen molar-refractivity contribution < 1.29 is 4.79 Å². The number of pyridine rings is 2. The Kier molecular flexibility index (Phi) is 4.77. The molecule has 9 nitrogen and oxygen atoms in total. The summed E-state index contributed by atoms with van der Waals surface area (Å²) in [7, 11) is 0. The first-order chi connectivity index (χ1) is 16.8. The summed E-state index contributed by atoms with van der Waals surface area (Å²) in [6.07, 6.45) is 2.86. The second-order valence-electron chi connectivity index (χ2n) is 7.67. The molecule has 0 radical (unpaired) electrons. The van der Waals surface area contributed by atoms with Crippen LogP contribution >= 0.6 is 0 Å². The standard InChI is InChI=1S/C25H20N8O/c34-25-32(21-14-6-8-16-26-21)29-23(30-33(25)22-15-7-9-17-27-22)24-28-19-12-4-5-13-20(19)31(24)18-10-2-1-3-11-18/h1-17,24,28H,(H,29,30). The molecule has 2 N–H and O–H groups in total. The number of urea groups is 1. The average Bonchev–Trinajstić information content (AvgIpc) is 3.30. The van der Waals surface area contributed by atoms with Crippen LogP contribution in [-0.4, -0.2) is 28.0 Å². The molecule has 2 aliphatic rings. The van der Waals surface area contributed by atoms with E-state index in [-0.39, 0.29) is 0 Å². The Morgan fingerprint density at radius 2 is 1.41 bits per heavy atom. The summed E-state index contributed by atoms with van der Waals surface area (Å²) in [5.41, 5.74) is 6.15. The third kappa shape index (κ3) is 3.36. The Morgan fingerprint density at radius 3 is 2.15 bits per heavy atom. The molecule has 0 saturated heterocycles. The lowest BCUT2D eigenvalue weighted by Gasteiger charge is -2.36. The monoisotopic (exact) mass is 448 g/mol. The lowest BCUT2D eigenvalue weighted by atomic mass is 10.2. The predicted molar refractivity (Wildman–Crippen MR) is 132 cm³/mol. The number of fused-ring (bicyclic) bond motifs is 1. The molecule has 0 bridgehead atoms. The van der Waals surface area contributed by atoms with E-state index >= 15 is 0 Å². The topological polar surface area (TPSA) is 89.0 Å². The predicted octanol–water partition coefficient (Wildman–Crippen LogP) is 4.33. The van der Waals surface area contributed by atoms with Gasteiger partial charge in [-0.15, -0.1) is 5.10 Å². The van der Waals surface area contributed by atoms with Gasteiger partial charge >= 0.3 is 6.03 Å². The molecule has 6 rings (SSSR count). The fourth-order valence-electron chi connectivity index (χ4n) is 4.04. The van der Waals surface area contributed by atoms with E-state index < -0.39 is 12.2 Å². The number of rotatable bonds is 4. The molecule has 0 saturated carbocycles. The van der Waals surface area contributed by atoms with Gasteiger partial charge in [0.1, 0.15) is 0 Å². The van der Waals surface area contributed by atoms with Gasteiger partial charge in [-0.05, 0) is 48.5 Å². The lowest BCUT2D eigenvalue weighted by molar-refractivity contribution is 0.249. The number of anilines is 5. The Hall–Kier alpha value is -4.92. The number of nitrogens with zero attached hydrogens (tertiary/aromatic N) is 6. The second kappa shape index (κ2) is 8.21. The molecule has 2 aliphatic heterocycles. The molecule has 166 valence electrons. The number of nitrogens with one attached hydrogen (secondary N) is 2. The maximum absolute atomic E-state index is 13.4. The number of benzene rings is 2. The van der Waals surface area contributed by atoms with Crippen LogP contribution < -0.4 is 25.7 Å². The molecule has 34 heavy (non-hydrogen) atoms. The maximum Gasteiger partial charge on any atom is 0.371 e. The first-order valence-corrected chi connectivity index (χ1v) is 10.8. The van der Waals surface area contributed by atoms with Gasteiger partial charge in [-0.1, -0.05) is 42.5 Å². The Balaban J connectivity index is 1.47. The Bertz CT molecular complexity index is 1350. The molecular formula is C25H20N8O. The number of hydrazone groups is 1. The van der Waals surface area contributed by atoms with E-state index in [1.165, 1.54) is 10.0 Å². The summed E-state index contributed by atoms with van der Waals surface area (Å²) < 4.78 is 0.